The van der Waals surface area contributed by atoms with Crippen LogP contribution in [0.25, 0.3) is 0 Å². The maximum absolute atomic E-state index is 12.6. The minimum absolute atomic E-state index is 0.0351. The molecule has 1 aromatic rings. The fourth-order valence-corrected chi connectivity index (χ4v) is 4.31. The molecule has 1 fully saturated rings. The maximum atomic E-state index is 12.6. The fraction of sp³-hybridized carbons (Fsp3) is 0.522. The Morgan fingerprint density at radius 2 is 1.24 bits per heavy atom. The van der Waals surface area contributed by atoms with Gasteiger partial charge in [0.05, 0.1) is 46.8 Å². The first-order valence-corrected chi connectivity index (χ1v) is 10.9. The summed E-state index contributed by atoms with van der Waals surface area (Å²) in [5.74, 6) is -9.65. The van der Waals surface area contributed by atoms with Gasteiger partial charge >= 0.3 is 29.8 Å². The summed E-state index contributed by atoms with van der Waals surface area (Å²) in [6.45, 7) is 0. The number of rotatable bonds is 12. The van der Waals surface area contributed by atoms with E-state index in [0.29, 0.717) is 0 Å². The molecule has 14 heteroatoms. The molecule has 3 N–H and O–H groups in total. The van der Waals surface area contributed by atoms with Crippen molar-refractivity contribution in [2.24, 2.45) is 17.8 Å². The normalized spacial score (nSPS) is 22.9. The Morgan fingerprint density at radius 1 is 0.757 bits per heavy atom. The van der Waals surface area contributed by atoms with Gasteiger partial charge < -0.3 is 43.7 Å². The highest BCUT2D eigenvalue weighted by molar-refractivity contribution is 5.91. The highest BCUT2D eigenvalue weighted by atomic mass is 16.7. The highest BCUT2D eigenvalue weighted by Gasteiger charge is 2.52. The molecule has 1 aliphatic heterocycles. The summed E-state index contributed by atoms with van der Waals surface area (Å²) in [5.41, 5.74) is 0.0351. The zero-order valence-corrected chi connectivity index (χ0v) is 20.5. The van der Waals surface area contributed by atoms with E-state index in [9.17, 15) is 39.3 Å². The number of benzene rings is 1. The third-order valence-corrected chi connectivity index (χ3v) is 5.90. The summed E-state index contributed by atoms with van der Waals surface area (Å²) >= 11 is 0. The minimum Gasteiger partial charge on any atom is -0.493 e. The van der Waals surface area contributed by atoms with Gasteiger partial charge in [-0.25, -0.2) is 9.59 Å². The van der Waals surface area contributed by atoms with Crippen LogP contribution in [0.5, 0.6) is 17.2 Å². The molecule has 14 nitrogen and oxygen atoms in total. The molecule has 0 amide bonds. The maximum Gasteiger partial charge on any atom is 0.338 e. The molecule has 0 radical (unpaired) electrons. The molecular formula is C23H28O14. The molecule has 204 valence electrons. The second-order valence-corrected chi connectivity index (χ2v) is 8.05. The molecule has 5 atom stereocenters. The van der Waals surface area contributed by atoms with Crippen molar-refractivity contribution in [2.75, 3.05) is 28.4 Å². The summed E-state index contributed by atoms with van der Waals surface area (Å²) in [5, 5.41) is 28.5. The Morgan fingerprint density at radius 3 is 1.68 bits per heavy atom. The number of carbonyl (C=O) groups excluding carboxylic acids is 2. The van der Waals surface area contributed by atoms with Crippen molar-refractivity contribution < 1.29 is 67.7 Å². The van der Waals surface area contributed by atoms with Gasteiger partial charge in [0, 0.05) is 18.3 Å². The predicted molar refractivity (Wildman–Crippen MR) is 119 cm³/mol. The monoisotopic (exact) mass is 528 g/mol. The minimum atomic E-state index is -1.59. The van der Waals surface area contributed by atoms with Crippen LogP contribution in [0.1, 0.15) is 29.6 Å². The largest absolute Gasteiger partial charge is 0.493 e. The van der Waals surface area contributed by atoms with Crippen LogP contribution in [-0.2, 0) is 33.4 Å². The van der Waals surface area contributed by atoms with Gasteiger partial charge in [-0.05, 0) is 18.1 Å². The Kier molecular flexibility index (Phi) is 10.1. The average molecular weight is 528 g/mol. The number of methoxy groups -OCH3 is 4. The first-order chi connectivity index (χ1) is 17.5. The molecule has 1 saturated heterocycles. The summed E-state index contributed by atoms with van der Waals surface area (Å²) in [4.78, 5) is 59.6. The first kappa shape index (κ1) is 29.2. The standard InChI is InChI=1S/C23H28O14/c1-32-14-5-10(21(30)34-3)6-15(33-2)20(14)37-23-13(9-18(28)29)11(7-16(24)25)12(8-17(26)27)19(36-23)22(31)35-4/h5-6,11-13,19,23H,7-9H2,1-4H3,(H,24,25)(H,26,27)(H,28,29)/t11-,12-,13+,19-,23-/m0/s1. The second kappa shape index (κ2) is 12.8. The Balaban J connectivity index is 2.66. The van der Waals surface area contributed by atoms with Crippen molar-refractivity contribution in [3.05, 3.63) is 17.7 Å². The van der Waals surface area contributed by atoms with Crippen LogP contribution in [0.15, 0.2) is 12.1 Å². The number of carbonyl (C=O) groups is 5. The third kappa shape index (κ3) is 7.00. The van der Waals surface area contributed by atoms with Gasteiger partial charge in [0.15, 0.2) is 17.6 Å². The molecule has 0 unspecified atom stereocenters. The average Bonchev–Trinajstić information content (AvgIpc) is 2.85. The molecule has 1 aliphatic rings. The van der Waals surface area contributed by atoms with E-state index in [4.69, 9.17) is 28.4 Å². The lowest BCUT2D eigenvalue weighted by Gasteiger charge is -2.44. The SMILES string of the molecule is COC(=O)c1cc(OC)c(O[C@@H]2O[C@H](C(=O)OC)[C@@H](CC(=O)O)[C@H](CC(=O)O)[C@H]2CC(=O)O)c(OC)c1. The van der Waals surface area contributed by atoms with Gasteiger partial charge in [0.2, 0.25) is 12.0 Å². The van der Waals surface area contributed by atoms with E-state index in [0.717, 1.165) is 7.11 Å². The number of ether oxygens (including phenoxy) is 6. The van der Waals surface area contributed by atoms with E-state index in [2.05, 4.69) is 0 Å². The molecule has 2 rings (SSSR count). The lowest BCUT2D eigenvalue weighted by molar-refractivity contribution is -0.234. The van der Waals surface area contributed by atoms with Gasteiger partial charge in [0.25, 0.3) is 0 Å². The first-order valence-electron chi connectivity index (χ1n) is 10.9. The van der Waals surface area contributed by atoms with E-state index in [1.807, 2.05) is 0 Å². The Hall–Kier alpha value is -4.07. The Labute approximate surface area is 211 Å². The van der Waals surface area contributed by atoms with Crippen LogP contribution >= 0.6 is 0 Å². The van der Waals surface area contributed by atoms with Gasteiger partial charge in [-0.1, -0.05) is 0 Å². The lowest BCUT2D eigenvalue weighted by atomic mass is 9.71. The third-order valence-electron chi connectivity index (χ3n) is 5.90. The number of hydrogen-bond donors (Lipinski definition) is 3. The molecular weight excluding hydrogens is 500 g/mol. The van der Waals surface area contributed by atoms with Gasteiger partial charge in [-0.15, -0.1) is 0 Å². The van der Waals surface area contributed by atoms with Crippen LogP contribution in [0.3, 0.4) is 0 Å². The topological polar surface area (TPSA) is 201 Å². The van der Waals surface area contributed by atoms with Crippen molar-refractivity contribution in [3.63, 3.8) is 0 Å². The second-order valence-electron chi connectivity index (χ2n) is 8.05. The Bertz CT molecular complexity index is 1010. The molecule has 0 aromatic heterocycles. The van der Waals surface area contributed by atoms with E-state index < -0.39 is 79.3 Å². The van der Waals surface area contributed by atoms with Gasteiger partial charge in [-0.2, -0.15) is 0 Å². The van der Waals surface area contributed by atoms with Crippen molar-refractivity contribution in [1.29, 1.82) is 0 Å². The van der Waals surface area contributed by atoms with E-state index in [1.54, 1.807) is 0 Å². The number of carboxylic acids is 3. The molecule has 37 heavy (non-hydrogen) atoms. The van der Waals surface area contributed by atoms with E-state index in [1.165, 1.54) is 33.5 Å². The summed E-state index contributed by atoms with van der Waals surface area (Å²) in [6.07, 6.45) is -5.23. The smallest absolute Gasteiger partial charge is 0.338 e. The number of aliphatic carboxylic acids is 3. The molecule has 1 heterocycles. The van der Waals surface area contributed by atoms with Crippen LogP contribution < -0.4 is 14.2 Å². The number of esters is 2. The number of carboxylic acid groups (broad SMARTS) is 3. The molecule has 0 spiro atoms. The van der Waals surface area contributed by atoms with Crippen LogP contribution in [0, 0.1) is 17.8 Å². The molecule has 1 aromatic carbocycles. The summed E-state index contributed by atoms with van der Waals surface area (Å²) in [7, 11) is 4.72. The van der Waals surface area contributed by atoms with Crippen molar-refractivity contribution in [3.8, 4) is 17.2 Å². The quantitative estimate of drug-likeness (QED) is 0.325. The van der Waals surface area contributed by atoms with Crippen molar-refractivity contribution in [2.45, 2.75) is 31.7 Å². The van der Waals surface area contributed by atoms with Crippen molar-refractivity contribution in [1.82, 2.24) is 0 Å². The number of hydrogen-bond acceptors (Lipinski definition) is 11. The van der Waals surface area contributed by atoms with Gasteiger partial charge in [-0.3, -0.25) is 14.4 Å². The van der Waals surface area contributed by atoms with E-state index >= 15 is 0 Å². The van der Waals surface area contributed by atoms with Gasteiger partial charge in [0.1, 0.15) is 0 Å². The fourth-order valence-electron chi connectivity index (χ4n) is 4.31. The van der Waals surface area contributed by atoms with Crippen LogP contribution in [0.2, 0.25) is 0 Å². The van der Waals surface area contributed by atoms with Crippen LogP contribution in [0.4, 0.5) is 0 Å². The lowest BCUT2D eigenvalue weighted by Crippen LogP contribution is -2.54. The zero-order chi connectivity index (χ0) is 27.9. The van der Waals surface area contributed by atoms with Crippen LogP contribution in [-0.4, -0.2) is 86.0 Å². The predicted octanol–water partition coefficient (Wildman–Crippen LogP) is 1.04. The molecule has 0 aliphatic carbocycles. The molecule has 0 bridgehead atoms. The summed E-state index contributed by atoms with van der Waals surface area (Å²) in [6, 6.07) is 2.52. The zero-order valence-electron chi connectivity index (χ0n) is 20.5. The van der Waals surface area contributed by atoms with Crippen molar-refractivity contribution >= 4 is 29.8 Å². The molecule has 0 saturated carbocycles. The highest BCUT2D eigenvalue weighted by Crippen LogP contribution is 2.46. The van der Waals surface area contributed by atoms with E-state index in [-0.39, 0.29) is 22.8 Å². The summed E-state index contributed by atoms with van der Waals surface area (Å²) < 4.78 is 31.7.